The molecule has 5 nitrogen and oxygen atoms in total. The number of carbonyl (C=O) groups excluding carboxylic acids is 1. The van der Waals surface area contributed by atoms with Gasteiger partial charge in [0.25, 0.3) is 0 Å². The van der Waals surface area contributed by atoms with Crippen molar-refractivity contribution in [1.82, 2.24) is 9.88 Å². The maximum Gasteiger partial charge on any atom is 0.306 e. The molecule has 0 aliphatic carbocycles. The molecule has 0 N–H and O–H groups in total. The van der Waals surface area contributed by atoms with Gasteiger partial charge in [-0.3, -0.25) is 9.69 Å². The topological polar surface area (TPSA) is 45.7 Å². The number of pyridine rings is 1. The van der Waals surface area contributed by atoms with E-state index in [0.29, 0.717) is 6.42 Å². The molecule has 2 heterocycles. The third kappa shape index (κ3) is 3.92. The zero-order valence-corrected chi connectivity index (χ0v) is 11.6. The molecule has 1 aromatic rings. The fourth-order valence-electron chi connectivity index (χ4n) is 2.26. The van der Waals surface area contributed by atoms with Crippen LogP contribution in [0, 0.1) is 6.92 Å². The average molecular weight is 263 g/mol. The number of methoxy groups -OCH3 is 1. The Bertz CT molecular complexity index is 428. The van der Waals surface area contributed by atoms with Crippen LogP contribution < -0.4 is 4.90 Å². The first kappa shape index (κ1) is 13.8. The summed E-state index contributed by atoms with van der Waals surface area (Å²) in [6.45, 7) is 6.63. The molecule has 0 radical (unpaired) electrons. The van der Waals surface area contributed by atoms with E-state index in [1.54, 1.807) is 0 Å². The van der Waals surface area contributed by atoms with Crippen molar-refractivity contribution in [3.05, 3.63) is 23.9 Å². The van der Waals surface area contributed by atoms with Gasteiger partial charge in [0.15, 0.2) is 0 Å². The lowest BCUT2D eigenvalue weighted by atomic mass is 10.2. The molecule has 1 aliphatic rings. The van der Waals surface area contributed by atoms with E-state index in [1.807, 2.05) is 19.1 Å². The Labute approximate surface area is 114 Å². The number of hydrogen-bond donors (Lipinski definition) is 0. The third-order valence-corrected chi connectivity index (χ3v) is 3.43. The van der Waals surface area contributed by atoms with E-state index in [-0.39, 0.29) is 5.97 Å². The Balaban J connectivity index is 1.81. The van der Waals surface area contributed by atoms with Crippen molar-refractivity contribution in [1.29, 1.82) is 0 Å². The molecule has 19 heavy (non-hydrogen) atoms. The second-order valence-electron chi connectivity index (χ2n) is 4.79. The summed E-state index contributed by atoms with van der Waals surface area (Å²) in [5, 5.41) is 0. The van der Waals surface area contributed by atoms with E-state index in [0.717, 1.165) is 44.2 Å². The lowest BCUT2D eigenvalue weighted by Gasteiger charge is -2.35. The van der Waals surface area contributed by atoms with Crippen LogP contribution >= 0.6 is 0 Å². The third-order valence-electron chi connectivity index (χ3n) is 3.43. The summed E-state index contributed by atoms with van der Waals surface area (Å²) < 4.78 is 4.66. The maximum absolute atomic E-state index is 11.1. The molecule has 0 unspecified atom stereocenters. The maximum atomic E-state index is 11.1. The molecule has 2 rings (SSSR count). The summed E-state index contributed by atoms with van der Waals surface area (Å²) in [7, 11) is 1.43. The Kier molecular flexibility index (Phi) is 4.74. The van der Waals surface area contributed by atoms with Crippen molar-refractivity contribution >= 4 is 11.8 Å². The average Bonchev–Trinajstić information content (AvgIpc) is 2.45. The molecular formula is C14H21N3O2. The van der Waals surface area contributed by atoms with Crippen molar-refractivity contribution in [2.45, 2.75) is 13.3 Å². The number of aryl methyl sites for hydroxylation is 1. The molecule has 1 fully saturated rings. The lowest BCUT2D eigenvalue weighted by Crippen LogP contribution is -2.47. The van der Waals surface area contributed by atoms with E-state index in [1.165, 1.54) is 7.11 Å². The summed E-state index contributed by atoms with van der Waals surface area (Å²) >= 11 is 0. The van der Waals surface area contributed by atoms with Crippen molar-refractivity contribution in [3.63, 3.8) is 0 Å². The summed E-state index contributed by atoms with van der Waals surface area (Å²) in [6, 6.07) is 6.11. The van der Waals surface area contributed by atoms with Crippen molar-refractivity contribution in [2.24, 2.45) is 0 Å². The van der Waals surface area contributed by atoms with Gasteiger partial charge in [0, 0.05) is 38.4 Å². The predicted octanol–water partition coefficient (Wildman–Crippen LogP) is 1.08. The van der Waals surface area contributed by atoms with Crippen LogP contribution in [0.3, 0.4) is 0 Å². The number of aromatic nitrogens is 1. The number of carbonyl (C=O) groups is 1. The number of anilines is 1. The number of nitrogens with zero attached hydrogens (tertiary/aromatic N) is 3. The van der Waals surface area contributed by atoms with E-state index in [2.05, 4.69) is 25.6 Å². The van der Waals surface area contributed by atoms with Crippen LogP contribution in [-0.2, 0) is 9.53 Å². The van der Waals surface area contributed by atoms with Crippen LogP contribution in [0.4, 0.5) is 5.82 Å². The second kappa shape index (κ2) is 6.52. The van der Waals surface area contributed by atoms with E-state index in [9.17, 15) is 4.79 Å². The zero-order valence-electron chi connectivity index (χ0n) is 11.6. The highest BCUT2D eigenvalue weighted by molar-refractivity contribution is 5.69. The molecule has 1 saturated heterocycles. The van der Waals surface area contributed by atoms with E-state index >= 15 is 0 Å². The predicted molar refractivity (Wildman–Crippen MR) is 74.3 cm³/mol. The van der Waals surface area contributed by atoms with Crippen molar-refractivity contribution < 1.29 is 9.53 Å². The Hall–Kier alpha value is -1.62. The molecule has 104 valence electrons. The van der Waals surface area contributed by atoms with Gasteiger partial charge in [0.1, 0.15) is 5.82 Å². The van der Waals surface area contributed by atoms with Gasteiger partial charge in [-0.25, -0.2) is 4.98 Å². The van der Waals surface area contributed by atoms with Crippen LogP contribution in [0.1, 0.15) is 12.1 Å². The van der Waals surface area contributed by atoms with E-state index < -0.39 is 0 Å². The molecule has 0 atom stereocenters. The first-order valence-corrected chi connectivity index (χ1v) is 6.67. The van der Waals surface area contributed by atoms with Crippen LogP contribution in [0.2, 0.25) is 0 Å². The van der Waals surface area contributed by atoms with Gasteiger partial charge < -0.3 is 9.64 Å². The van der Waals surface area contributed by atoms with Crippen LogP contribution in [-0.4, -0.2) is 55.7 Å². The molecule has 0 aromatic carbocycles. The minimum Gasteiger partial charge on any atom is -0.469 e. The van der Waals surface area contributed by atoms with Gasteiger partial charge in [0.05, 0.1) is 13.5 Å². The summed E-state index contributed by atoms with van der Waals surface area (Å²) in [5.74, 6) is 0.912. The molecule has 1 aromatic heterocycles. The quantitative estimate of drug-likeness (QED) is 0.761. The van der Waals surface area contributed by atoms with Gasteiger partial charge >= 0.3 is 5.97 Å². The molecule has 0 saturated carbocycles. The standard InChI is InChI=1S/C14H21N3O2/c1-12-4-3-5-13(15-12)17-10-8-16(9-11-17)7-6-14(18)19-2/h3-5H,6-11H2,1-2H3. The van der Waals surface area contributed by atoms with Gasteiger partial charge in [-0.2, -0.15) is 0 Å². The monoisotopic (exact) mass is 263 g/mol. The largest absolute Gasteiger partial charge is 0.469 e. The van der Waals surface area contributed by atoms with Gasteiger partial charge in [-0.15, -0.1) is 0 Å². The molecule has 5 heteroatoms. The van der Waals surface area contributed by atoms with E-state index in [4.69, 9.17) is 0 Å². The molecule has 0 bridgehead atoms. The molecule has 0 spiro atoms. The minimum absolute atomic E-state index is 0.136. The Morgan fingerprint density at radius 1 is 1.32 bits per heavy atom. The minimum atomic E-state index is -0.136. The van der Waals surface area contributed by atoms with Crippen molar-refractivity contribution in [2.75, 3.05) is 44.7 Å². The smallest absolute Gasteiger partial charge is 0.306 e. The highest BCUT2D eigenvalue weighted by atomic mass is 16.5. The number of esters is 1. The van der Waals surface area contributed by atoms with Gasteiger partial charge in [0.2, 0.25) is 0 Å². The van der Waals surface area contributed by atoms with Crippen LogP contribution in [0.15, 0.2) is 18.2 Å². The van der Waals surface area contributed by atoms with Crippen molar-refractivity contribution in [3.8, 4) is 0 Å². The first-order chi connectivity index (χ1) is 9.19. The highest BCUT2D eigenvalue weighted by Crippen LogP contribution is 2.14. The highest BCUT2D eigenvalue weighted by Gasteiger charge is 2.18. The number of piperazine rings is 1. The first-order valence-electron chi connectivity index (χ1n) is 6.67. The number of ether oxygens (including phenoxy) is 1. The summed E-state index contributed by atoms with van der Waals surface area (Å²) in [6.07, 6.45) is 0.471. The molecule has 0 amide bonds. The van der Waals surface area contributed by atoms with Crippen LogP contribution in [0.25, 0.3) is 0 Å². The van der Waals surface area contributed by atoms with Gasteiger partial charge in [-0.05, 0) is 19.1 Å². The number of rotatable bonds is 4. The Morgan fingerprint density at radius 3 is 2.68 bits per heavy atom. The Morgan fingerprint density at radius 2 is 2.05 bits per heavy atom. The van der Waals surface area contributed by atoms with Gasteiger partial charge in [-0.1, -0.05) is 6.07 Å². The lowest BCUT2D eigenvalue weighted by molar-refractivity contribution is -0.141. The normalized spacial score (nSPS) is 16.4. The fraction of sp³-hybridized carbons (Fsp3) is 0.571. The zero-order chi connectivity index (χ0) is 13.7. The summed E-state index contributed by atoms with van der Waals surface area (Å²) in [5.41, 5.74) is 1.05. The fourth-order valence-corrected chi connectivity index (χ4v) is 2.26. The molecule has 1 aliphatic heterocycles. The van der Waals surface area contributed by atoms with Crippen LogP contribution in [0.5, 0.6) is 0 Å². The molecular weight excluding hydrogens is 242 g/mol. The second-order valence-corrected chi connectivity index (χ2v) is 4.79. The number of hydrogen-bond acceptors (Lipinski definition) is 5. The summed E-state index contributed by atoms with van der Waals surface area (Å²) in [4.78, 5) is 20.2. The SMILES string of the molecule is COC(=O)CCN1CCN(c2cccc(C)n2)CC1.